The second-order valence-electron chi connectivity index (χ2n) is 5.71. The molecule has 6 nitrogen and oxygen atoms in total. The standard InChI is InChI=1S/C16H18N2O4S/c19-16(12-5-2-1-3-6-12)18-15-11-23(20,21)10-14(15)17-9-13-7-4-8-22-13/h1-8,14-15,17H,9-11H2,(H,18,19)/p+1/t14-,15-/m0/s1. The monoisotopic (exact) mass is 335 g/mol. The maximum atomic E-state index is 12.3. The number of rotatable bonds is 5. The molecule has 0 spiro atoms. The first-order valence-electron chi connectivity index (χ1n) is 7.45. The normalized spacial score (nSPS) is 22.8. The van der Waals surface area contributed by atoms with Crippen molar-refractivity contribution in [3.8, 4) is 0 Å². The minimum absolute atomic E-state index is 0.0229. The molecule has 3 N–H and O–H groups in total. The van der Waals surface area contributed by atoms with Gasteiger partial charge in [0.1, 0.15) is 18.3 Å². The van der Waals surface area contributed by atoms with E-state index in [1.165, 1.54) is 0 Å². The number of nitrogens with two attached hydrogens (primary N) is 1. The van der Waals surface area contributed by atoms with E-state index in [-0.39, 0.29) is 23.5 Å². The van der Waals surface area contributed by atoms with Crippen molar-refractivity contribution in [2.45, 2.75) is 18.6 Å². The summed E-state index contributed by atoms with van der Waals surface area (Å²) in [5.74, 6) is 0.574. The minimum Gasteiger partial charge on any atom is -0.463 e. The smallest absolute Gasteiger partial charge is 0.251 e. The van der Waals surface area contributed by atoms with Gasteiger partial charge in [0, 0.05) is 5.56 Å². The van der Waals surface area contributed by atoms with Crippen molar-refractivity contribution < 1.29 is 22.9 Å². The molecule has 0 saturated carbocycles. The van der Waals surface area contributed by atoms with Gasteiger partial charge in [-0.05, 0) is 24.3 Å². The predicted molar refractivity (Wildman–Crippen MR) is 84.5 cm³/mol. The van der Waals surface area contributed by atoms with Crippen LogP contribution < -0.4 is 10.6 Å². The van der Waals surface area contributed by atoms with E-state index in [1.807, 2.05) is 17.4 Å². The molecule has 1 aromatic heterocycles. The van der Waals surface area contributed by atoms with Gasteiger partial charge in [-0.15, -0.1) is 0 Å². The van der Waals surface area contributed by atoms with E-state index >= 15 is 0 Å². The number of hydrogen-bond donors (Lipinski definition) is 2. The zero-order valence-corrected chi connectivity index (χ0v) is 13.3. The predicted octanol–water partition coefficient (Wildman–Crippen LogP) is -0.0614. The highest BCUT2D eigenvalue weighted by atomic mass is 32.2. The van der Waals surface area contributed by atoms with Crippen LogP contribution in [0.3, 0.4) is 0 Å². The van der Waals surface area contributed by atoms with Crippen molar-refractivity contribution in [1.82, 2.24) is 5.32 Å². The molecule has 1 aromatic carbocycles. The van der Waals surface area contributed by atoms with Gasteiger partial charge in [-0.2, -0.15) is 0 Å². The van der Waals surface area contributed by atoms with Crippen molar-refractivity contribution in [3.05, 3.63) is 60.1 Å². The van der Waals surface area contributed by atoms with Crippen molar-refractivity contribution in [2.24, 2.45) is 0 Å². The Labute approximate surface area is 134 Å². The average molecular weight is 335 g/mol. The summed E-state index contributed by atoms with van der Waals surface area (Å²) >= 11 is 0. The Kier molecular flexibility index (Phi) is 4.49. The first-order chi connectivity index (χ1) is 11.0. The third kappa shape index (κ3) is 4.00. The van der Waals surface area contributed by atoms with Gasteiger partial charge in [0.05, 0.1) is 18.1 Å². The van der Waals surface area contributed by atoms with E-state index in [0.29, 0.717) is 12.1 Å². The minimum atomic E-state index is -3.14. The van der Waals surface area contributed by atoms with Crippen LogP contribution in [-0.2, 0) is 16.4 Å². The van der Waals surface area contributed by atoms with Crippen molar-refractivity contribution in [1.29, 1.82) is 0 Å². The summed E-state index contributed by atoms with van der Waals surface area (Å²) in [6, 6.07) is 11.8. The molecule has 2 aromatic rings. The number of nitrogens with one attached hydrogen (secondary N) is 1. The molecule has 1 amide bonds. The molecule has 3 rings (SSSR count). The van der Waals surface area contributed by atoms with Gasteiger partial charge in [0.2, 0.25) is 0 Å². The molecular weight excluding hydrogens is 316 g/mol. The summed E-state index contributed by atoms with van der Waals surface area (Å²) in [6.45, 7) is 0.547. The van der Waals surface area contributed by atoms with Crippen molar-refractivity contribution in [2.75, 3.05) is 11.5 Å². The molecule has 2 atom stereocenters. The van der Waals surface area contributed by atoms with Gasteiger partial charge >= 0.3 is 0 Å². The van der Waals surface area contributed by atoms with Gasteiger partial charge in [0.15, 0.2) is 15.6 Å². The molecule has 23 heavy (non-hydrogen) atoms. The fraction of sp³-hybridized carbons (Fsp3) is 0.312. The molecule has 1 saturated heterocycles. The van der Waals surface area contributed by atoms with Crippen molar-refractivity contribution >= 4 is 15.7 Å². The highest BCUT2D eigenvalue weighted by Crippen LogP contribution is 2.11. The van der Waals surface area contributed by atoms with Crippen molar-refractivity contribution in [3.63, 3.8) is 0 Å². The van der Waals surface area contributed by atoms with Crippen LogP contribution in [0.15, 0.2) is 53.1 Å². The van der Waals surface area contributed by atoms with E-state index in [0.717, 1.165) is 5.76 Å². The first kappa shape index (κ1) is 15.8. The maximum absolute atomic E-state index is 12.3. The number of sulfone groups is 1. The van der Waals surface area contributed by atoms with E-state index in [4.69, 9.17) is 4.42 Å². The van der Waals surface area contributed by atoms with E-state index in [2.05, 4.69) is 5.32 Å². The zero-order chi connectivity index (χ0) is 16.3. The molecule has 0 radical (unpaired) electrons. The summed E-state index contributed by atoms with van der Waals surface area (Å²) in [5.41, 5.74) is 0.529. The van der Waals surface area contributed by atoms with Crippen LogP contribution in [0, 0.1) is 0 Å². The fourth-order valence-electron chi connectivity index (χ4n) is 2.79. The lowest BCUT2D eigenvalue weighted by Crippen LogP contribution is -2.92. The number of benzene rings is 1. The van der Waals surface area contributed by atoms with E-state index in [9.17, 15) is 13.2 Å². The Morgan fingerprint density at radius 3 is 2.65 bits per heavy atom. The lowest BCUT2D eigenvalue weighted by molar-refractivity contribution is -0.702. The first-order valence-corrected chi connectivity index (χ1v) is 9.28. The lowest BCUT2D eigenvalue weighted by atomic mass is 10.1. The number of hydrogen-bond acceptors (Lipinski definition) is 4. The highest BCUT2D eigenvalue weighted by molar-refractivity contribution is 7.91. The Morgan fingerprint density at radius 2 is 1.96 bits per heavy atom. The maximum Gasteiger partial charge on any atom is 0.251 e. The van der Waals surface area contributed by atoms with Crippen LogP contribution in [0.5, 0.6) is 0 Å². The largest absolute Gasteiger partial charge is 0.463 e. The molecule has 122 valence electrons. The molecule has 7 heteroatoms. The lowest BCUT2D eigenvalue weighted by Gasteiger charge is -2.17. The summed E-state index contributed by atoms with van der Waals surface area (Å²) in [4.78, 5) is 12.3. The molecule has 1 aliphatic heterocycles. The SMILES string of the molecule is O=C(N[C@H]1CS(=O)(=O)C[C@@H]1[NH2+]Cc1ccco1)c1ccccc1. The molecule has 0 unspecified atom stereocenters. The Bertz CT molecular complexity index is 757. The summed E-state index contributed by atoms with van der Waals surface area (Å²) in [6.07, 6.45) is 1.59. The van der Waals surface area contributed by atoms with E-state index in [1.54, 1.807) is 36.6 Å². The second-order valence-corrected chi connectivity index (χ2v) is 7.86. The number of quaternary nitrogens is 1. The molecule has 1 fully saturated rings. The second kappa shape index (κ2) is 6.55. The van der Waals surface area contributed by atoms with Gasteiger partial charge in [-0.3, -0.25) is 4.79 Å². The van der Waals surface area contributed by atoms with Crippen LogP contribution >= 0.6 is 0 Å². The van der Waals surface area contributed by atoms with Gasteiger partial charge in [-0.25, -0.2) is 8.42 Å². The number of amides is 1. The summed E-state index contributed by atoms with van der Waals surface area (Å²) in [7, 11) is -3.14. The van der Waals surface area contributed by atoms with E-state index < -0.39 is 15.9 Å². The van der Waals surface area contributed by atoms with Crippen LogP contribution in [0.2, 0.25) is 0 Å². The third-order valence-electron chi connectivity index (χ3n) is 3.95. The topological polar surface area (TPSA) is 93.0 Å². The quantitative estimate of drug-likeness (QED) is 0.800. The van der Waals surface area contributed by atoms with Crippen LogP contribution in [-0.4, -0.2) is 37.9 Å². The molecule has 1 aliphatic rings. The summed E-state index contributed by atoms with van der Waals surface area (Å²) in [5, 5.41) is 4.77. The van der Waals surface area contributed by atoms with Crippen LogP contribution in [0.25, 0.3) is 0 Å². The highest BCUT2D eigenvalue weighted by Gasteiger charge is 2.41. The zero-order valence-electron chi connectivity index (χ0n) is 12.5. The number of carbonyl (C=O) groups is 1. The Hall–Kier alpha value is -2.12. The number of carbonyl (C=O) groups excluding carboxylic acids is 1. The molecule has 2 heterocycles. The molecule has 0 bridgehead atoms. The van der Waals surface area contributed by atoms with Crippen LogP contribution in [0.4, 0.5) is 0 Å². The fourth-order valence-corrected chi connectivity index (χ4v) is 4.76. The third-order valence-corrected chi connectivity index (χ3v) is 5.71. The average Bonchev–Trinajstić information content (AvgIpc) is 3.13. The van der Waals surface area contributed by atoms with Gasteiger partial charge in [0.25, 0.3) is 5.91 Å². The van der Waals surface area contributed by atoms with Gasteiger partial charge < -0.3 is 15.1 Å². The Balaban J connectivity index is 1.66. The van der Waals surface area contributed by atoms with Gasteiger partial charge in [-0.1, -0.05) is 18.2 Å². The number of furan rings is 1. The van der Waals surface area contributed by atoms with Crippen LogP contribution in [0.1, 0.15) is 16.1 Å². The Morgan fingerprint density at radius 1 is 1.17 bits per heavy atom. The molecular formula is C16H19N2O4S+. The molecule has 0 aliphatic carbocycles. The summed E-state index contributed by atoms with van der Waals surface area (Å²) < 4.78 is 29.1.